The van der Waals surface area contributed by atoms with E-state index in [9.17, 15) is 4.39 Å². The molecule has 0 aliphatic heterocycles. The van der Waals surface area contributed by atoms with Gasteiger partial charge in [-0.15, -0.1) is 0 Å². The van der Waals surface area contributed by atoms with E-state index in [1.54, 1.807) is 7.05 Å². The van der Waals surface area contributed by atoms with Gasteiger partial charge in [-0.25, -0.2) is 4.39 Å². The van der Waals surface area contributed by atoms with Crippen LogP contribution >= 0.6 is 0 Å². The van der Waals surface area contributed by atoms with Gasteiger partial charge in [-0.1, -0.05) is 6.92 Å². The molecule has 0 unspecified atom stereocenters. The summed E-state index contributed by atoms with van der Waals surface area (Å²) in [6.07, 6.45) is 3.03. The molecule has 9 heavy (non-hydrogen) atoms. The highest BCUT2D eigenvalue weighted by Gasteiger charge is 2.02. The average molecular weight is 127 g/mol. The van der Waals surface area contributed by atoms with Crippen molar-refractivity contribution in [3.05, 3.63) is 17.7 Å². The molecule has 0 spiro atoms. The van der Waals surface area contributed by atoms with Crippen molar-refractivity contribution in [1.29, 1.82) is 0 Å². The second kappa shape index (κ2) is 2.17. The summed E-state index contributed by atoms with van der Waals surface area (Å²) in [5.41, 5.74) is 0.484. The summed E-state index contributed by atoms with van der Waals surface area (Å²) in [7, 11) is 1.66. The molecule has 1 aromatic rings. The third-order valence-electron chi connectivity index (χ3n) is 1.12. The van der Waals surface area contributed by atoms with Gasteiger partial charge in [0, 0.05) is 7.05 Å². The maximum absolute atomic E-state index is 12.5. The van der Waals surface area contributed by atoms with Gasteiger partial charge < -0.3 is 0 Å². The van der Waals surface area contributed by atoms with Gasteiger partial charge in [0.15, 0.2) is 5.82 Å². The van der Waals surface area contributed by atoms with Gasteiger partial charge in [-0.2, -0.15) is 5.10 Å². The first kappa shape index (κ1) is 6.26. The smallest absolute Gasteiger partial charge is 0.173 e. The van der Waals surface area contributed by atoms with Crippen LogP contribution in [0.3, 0.4) is 0 Å². The highest BCUT2D eigenvalue weighted by molar-refractivity contribution is 5.00. The van der Waals surface area contributed by atoms with Crippen molar-refractivity contribution in [2.45, 2.75) is 13.3 Å². The minimum atomic E-state index is -0.333. The largest absolute Gasteiger partial charge is 0.263 e. The van der Waals surface area contributed by atoms with Gasteiger partial charge >= 0.3 is 0 Å². The van der Waals surface area contributed by atoms with E-state index < -0.39 is 0 Å². The minimum absolute atomic E-state index is 0.333. The zero-order valence-electron chi connectivity index (χ0n) is 5.48. The number of rotatable bonds is 1. The van der Waals surface area contributed by atoms with Crippen LogP contribution < -0.4 is 0 Å². The van der Waals surface area contributed by atoms with E-state index in [2.05, 4.69) is 11.3 Å². The summed E-state index contributed by atoms with van der Waals surface area (Å²) >= 11 is 0. The van der Waals surface area contributed by atoms with Gasteiger partial charge in [0.25, 0.3) is 0 Å². The Morgan fingerprint density at radius 3 is 2.67 bits per heavy atom. The number of aryl methyl sites for hydroxylation is 2. The van der Waals surface area contributed by atoms with Crippen molar-refractivity contribution < 1.29 is 4.39 Å². The molecule has 0 aliphatic carbocycles. The van der Waals surface area contributed by atoms with Crippen molar-refractivity contribution >= 4 is 0 Å². The molecule has 0 aliphatic rings. The zero-order chi connectivity index (χ0) is 6.85. The zero-order valence-corrected chi connectivity index (χ0v) is 5.48. The SMILES string of the molecule is CCc1nn(C)[c]c1F. The molecular formula is C6H8FN2. The maximum atomic E-state index is 12.5. The summed E-state index contributed by atoms with van der Waals surface area (Å²) in [5, 5.41) is 3.81. The third kappa shape index (κ3) is 1.09. The monoisotopic (exact) mass is 127 g/mol. The molecule has 3 heteroatoms. The van der Waals surface area contributed by atoms with Crippen molar-refractivity contribution in [1.82, 2.24) is 9.78 Å². The van der Waals surface area contributed by atoms with Crippen molar-refractivity contribution in [3.63, 3.8) is 0 Å². The first-order valence-electron chi connectivity index (χ1n) is 2.84. The van der Waals surface area contributed by atoms with Crippen molar-refractivity contribution in [3.8, 4) is 0 Å². The van der Waals surface area contributed by atoms with Crippen LogP contribution in [-0.2, 0) is 13.5 Å². The number of hydrogen-bond acceptors (Lipinski definition) is 1. The Hall–Kier alpha value is -0.860. The van der Waals surface area contributed by atoms with E-state index in [-0.39, 0.29) is 5.82 Å². The van der Waals surface area contributed by atoms with Gasteiger partial charge in [-0.05, 0) is 6.42 Å². The second-order valence-corrected chi connectivity index (χ2v) is 1.85. The van der Waals surface area contributed by atoms with Crippen LogP contribution in [0, 0.1) is 12.0 Å². The van der Waals surface area contributed by atoms with Crippen molar-refractivity contribution in [2.75, 3.05) is 0 Å². The Balaban J connectivity index is 3.01. The first-order chi connectivity index (χ1) is 4.24. The summed E-state index contributed by atoms with van der Waals surface area (Å²) in [6, 6.07) is 0. The first-order valence-corrected chi connectivity index (χ1v) is 2.84. The maximum Gasteiger partial charge on any atom is 0.173 e. The Morgan fingerprint density at radius 1 is 1.78 bits per heavy atom. The van der Waals surface area contributed by atoms with Crippen LogP contribution in [0.1, 0.15) is 12.6 Å². The lowest BCUT2D eigenvalue weighted by Crippen LogP contribution is -1.89. The lowest BCUT2D eigenvalue weighted by Gasteiger charge is -1.83. The number of aromatic nitrogens is 2. The summed E-state index contributed by atoms with van der Waals surface area (Å²) in [4.78, 5) is 0. The topological polar surface area (TPSA) is 17.8 Å². The van der Waals surface area contributed by atoms with E-state index in [1.165, 1.54) is 4.68 Å². The molecule has 0 fully saturated rings. The fourth-order valence-electron chi connectivity index (χ4n) is 0.682. The summed E-state index contributed by atoms with van der Waals surface area (Å²) in [6.45, 7) is 1.86. The van der Waals surface area contributed by atoms with E-state index in [0.717, 1.165) is 0 Å². The third-order valence-corrected chi connectivity index (χ3v) is 1.12. The van der Waals surface area contributed by atoms with Crippen LogP contribution in [0.5, 0.6) is 0 Å². The van der Waals surface area contributed by atoms with E-state index in [0.29, 0.717) is 12.1 Å². The fourth-order valence-corrected chi connectivity index (χ4v) is 0.682. The Labute approximate surface area is 53.3 Å². The molecule has 0 saturated carbocycles. The quantitative estimate of drug-likeness (QED) is 0.548. The van der Waals surface area contributed by atoms with Gasteiger partial charge in [-0.3, -0.25) is 4.68 Å². The Morgan fingerprint density at radius 2 is 2.44 bits per heavy atom. The minimum Gasteiger partial charge on any atom is -0.263 e. The van der Waals surface area contributed by atoms with Crippen LogP contribution in [0.15, 0.2) is 0 Å². The molecule has 49 valence electrons. The molecule has 0 N–H and O–H groups in total. The van der Waals surface area contributed by atoms with Gasteiger partial charge in [0.1, 0.15) is 6.20 Å². The summed E-state index contributed by atoms with van der Waals surface area (Å²) < 4.78 is 13.8. The highest BCUT2D eigenvalue weighted by Crippen LogP contribution is 2.01. The normalized spacial score (nSPS) is 10.1. The molecule has 1 radical (unpaired) electrons. The van der Waals surface area contributed by atoms with E-state index in [4.69, 9.17) is 0 Å². The van der Waals surface area contributed by atoms with E-state index in [1.807, 2.05) is 6.92 Å². The Kier molecular flexibility index (Phi) is 1.51. The molecule has 0 saturated heterocycles. The second-order valence-electron chi connectivity index (χ2n) is 1.85. The van der Waals surface area contributed by atoms with Gasteiger partial charge in [0.05, 0.1) is 5.69 Å². The number of hydrogen-bond donors (Lipinski definition) is 0. The van der Waals surface area contributed by atoms with Crippen LogP contribution in [0.2, 0.25) is 0 Å². The lowest BCUT2D eigenvalue weighted by molar-refractivity contribution is 0.609. The molecule has 0 amide bonds. The molecule has 0 atom stereocenters. The number of halogens is 1. The molecule has 0 aromatic carbocycles. The molecule has 0 bridgehead atoms. The molecule has 1 rings (SSSR count). The summed E-state index contributed by atoms with van der Waals surface area (Å²) in [5.74, 6) is -0.333. The highest BCUT2D eigenvalue weighted by atomic mass is 19.1. The molecule has 1 aromatic heterocycles. The standard InChI is InChI=1S/C6H8FN2/c1-3-6-5(7)4-9(2)8-6/h3H2,1-2H3. The molecule has 2 nitrogen and oxygen atoms in total. The molecular weight excluding hydrogens is 119 g/mol. The Bertz CT molecular complexity index is 205. The number of nitrogens with zero attached hydrogens (tertiary/aromatic N) is 2. The molecule has 1 heterocycles. The van der Waals surface area contributed by atoms with Gasteiger partial charge in [0.2, 0.25) is 0 Å². The van der Waals surface area contributed by atoms with Crippen LogP contribution in [0.4, 0.5) is 4.39 Å². The lowest BCUT2D eigenvalue weighted by atomic mass is 10.3. The van der Waals surface area contributed by atoms with Crippen molar-refractivity contribution in [2.24, 2.45) is 7.05 Å². The average Bonchev–Trinajstić information content (AvgIpc) is 2.10. The predicted octanol–water partition coefficient (Wildman–Crippen LogP) is 0.922. The fraction of sp³-hybridized carbons (Fsp3) is 0.500. The van der Waals surface area contributed by atoms with E-state index >= 15 is 0 Å². The van der Waals surface area contributed by atoms with Crippen LogP contribution in [-0.4, -0.2) is 9.78 Å². The van der Waals surface area contributed by atoms with Crippen LogP contribution in [0.25, 0.3) is 0 Å². The predicted molar refractivity (Wildman–Crippen MR) is 31.4 cm³/mol.